The van der Waals surface area contributed by atoms with Gasteiger partial charge in [-0.25, -0.2) is 18.4 Å². The lowest BCUT2D eigenvalue weighted by molar-refractivity contribution is 0.587. The molecule has 0 saturated carbocycles. The number of fused-ring (bicyclic) bond motifs is 3. The maximum Gasteiger partial charge on any atom is 0.196 e. The first-order chi connectivity index (χ1) is 10.9. The zero-order chi connectivity index (χ0) is 16.6. The molecule has 0 aliphatic carbocycles. The predicted octanol–water partition coefficient (Wildman–Crippen LogP) is 2.64. The van der Waals surface area contributed by atoms with Crippen molar-refractivity contribution in [3.05, 3.63) is 30.6 Å². The largest absolute Gasteiger partial charge is 0.450 e. The lowest BCUT2D eigenvalue weighted by Gasteiger charge is -2.25. The molecule has 0 saturated heterocycles. The van der Waals surface area contributed by atoms with Gasteiger partial charge in [0, 0.05) is 24.2 Å². The van der Waals surface area contributed by atoms with Crippen LogP contribution in [0, 0.1) is 0 Å². The summed E-state index contributed by atoms with van der Waals surface area (Å²) in [4.78, 5) is 10.5. The van der Waals surface area contributed by atoms with Crippen LogP contribution in [0.4, 0.5) is 5.82 Å². The molecular formula is C16H19N3O3S. The Hall–Kier alpha value is -2.15. The highest BCUT2D eigenvalue weighted by molar-refractivity contribution is 7.91. The van der Waals surface area contributed by atoms with Crippen LogP contribution in [0.1, 0.15) is 13.8 Å². The fourth-order valence-corrected chi connectivity index (χ4v) is 3.76. The molecule has 122 valence electrons. The Labute approximate surface area is 135 Å². The Morgan fingerprint density at radius 3 is 2.74 bits per heavy atom. The van der Waals surface area contributed by atoms with Gasteiger partial charge in [0.15, 0.2) is 21.2 Å². The summed E-state index contributed by atoms with van der Waals surface area (Å²) < 4.78 is 29.6. The molecule has 0 fully saturated rings. The number of benzene rings is 1. The molecule has 3 rings (SSSR count). The Morgan fingerprint density at radius 2 is 2.00 bits per heavy atom. The van der Waals surface area contributed by atoms with E-state index in [1.54, 1.807) is 6.92 Å². The van der Waals surface area contributed by atoms with E-state index in [0.29, 0.717) is 11.4 Å². The molecule has 2 heterocycles. The van der Waals surface area contributed by atoms with Gasteiger partial charge in [-0.15, -0.1) is 0 Å². The summed E-state index contributed by atoms with van der Waals surface area (Å²) >= 11 is 0. The first-order valence-electron chi connectivity index (χ1n) is 7.48. The van der Waals surface area contributed by atoms with E-state index in [9.17, 15) is 8.42 Å². The van der Waals surface area contributed by atoms with Crippen molar-refractivity contribution < 1.29 is 12.8 Å². The van der Waals surface area contributed by atoms with Crippen LogP contribution in [0.25, 0.3) is 22.1 Å². The number of nitrogens with zero attached hydrogens (tertiary/aromatic N) is 3. The molecule has 23 heavy (non-hydrogen) atoms. The molecule has 0 bridgehead atoms. The van der Waals surface area contributed by atoms with Crippen molar-refractivity contribution in [3.63, 3.8) is 0 Å². The molecule has 0 aliphatic rings. The first-order valence-corrected chi connectivity index (χ1v) is 9.30. The Bertz CT molecular complexity index is 950. The monoisotopic (exact) mass is 333 g/mol. The quantitative estimate of drug-likeness (QED) is 0.714. The van der Waals surface area contributed by atoms with Crippen LogP contribution >= 0.6 is 0 Å². The minimum atomic E-state index is -3.07. The minimum Gasteiger partial charge on any atom is -0.450 e. The fraction of sp³-hybridized carbons (Fsp3) is 0.375. The maximum atomic E-state index is 11.9. The van der Waals surface area contributed by atoms with Gasteiger partial charge in [-0.1, -0.05) is 19.1 Å². The molecule has 1 unspecified atom stereocenters. The van der Waals surface area contributed by atoms with E-state index in [1.807, 2.05) is 43.1 Å². The van der Waals surface area contributed by atoms with Crippen molar-refractivity contribution in [2.45, 2.75) is 19.9 Å². The van der Waals surface area contributed by atoms with Crippen molar-refractivity contribution in [3.8, 4) is 0 Å². The number of hydrogen-bond acceptors (Lipinski definition) is 6. The number of para-hydroxylation sites is 1. The molecule has 0 amide bonds. The van der Waals surface area contributed by atoms with Crippen LogP contribution in [-0.4, -0.2) is 43.0 Å². The number of sulfone groups is 1. The molecule has 3 aromatic rings. The fourth-order valence-electron chi connectivity index (χ4n) is 2.57. The molecule has 0 aliphatic heterocycles. The zero-order valence-electron chi connectivity index (χ0n) is 13.4. The molecule has 1 atom stereocenters. The number of hydrogen-bond donors (Lipinski definition) is 0. The highest BCUT2D eigenvalue weighted by Gasteiger charge is 2.22. The van der Waals surface area contributed by atoms with Gasteiger partial charge in [-0.3, -0.25) is 0 Å². The topological polar surface area (TPSA) is 76.3 Å². The molecule has 1 aromatic carbocycles. The zero-order valence-corrected chi connectivity index (χ0v) is 14.2. The third-order valence-corrected chi connectivity index (χ3v) is 5.94. The van der Waals surface area contributed by atoms with Gasteiger partial charge in [0.25, 0.3) is 0 Å². The smallest absolute Gasteiger partial charge is 0.196 e. The lowest BCUT2D eigenvalue weighted by atomic mass is 10.2. The molecule has 2 aromatic heterocycles. The SMILES string of the molecule is CCS(=O)(=O)CC(C)N(C)c1ncnc2c1oc1ccccc12. The molecular weight excluding hydrogens is 314 g/mol. The van der Waals surface area contributed by atoms with Crippen molar-refractivity contribution in [2.75, 3.05) is 23.5 Å². The molecule has 7 heteroatoms. The van der Waals surface area contributed by atoms with Gasteiger partial charge in [-0.2, -0.15) is 0 Å². The van der Waals surface area contributed by atoms with Gasteiger partial charge in [-0.05, 0) is 19.1 Å². The van der Waals surface area contributed by atoms with Crippen LogP contribution in [-0.2, 0) is 9.84 Å². The Morgan fingerprint density at radius 1 is 1.26 bits per heavy atom. The van der Waals surface area contributed by atoms with E-state index in [1.165, 1.54) is 6.33 Å². The number of anilines is 1. The summed E-state index contributed by atoms with van der Waals surface area (Å²) in [5.74, 6) is 0.811. The van der Waals surface area contributed by atoms with Crippen LogP contribution in [0.5, 0.6) is 0 Å². The van der Waals surface area contributed by atoms with Gasteiger partial charge in [0.05, 0.1) is 5.75 Å². The van der Waals surface area contributed by atoms with Gasteiger partial charge in [0.1, 0.15) is 17.4 Å². The maximum absolute atomic E-state index is 11.9. The van der Waals surface area contributed by atoms with Crippen molar-refractivity contribution in [1.29, 1.82) is 0 Å². The van der Waals surface area contributed by atoms with Crippen LogP contribution < -0.4 is 4.90 Å². The average Bonchev–Trinajstić information content (AvgIpc) is 2.92. The molecule has 0 N–H and O–H groups in total. The van der Waals surface area contributed by atoms with Crippen molar-refractivity contribution in [1.82, 2.24) is 9.97 Å². The summed E-state index contributed by atoms with van der Waals surface area (Å²) in [6, 6.07) is 7.44. The van der Waals surface area contributed by atoms with Gasteiger partial charge < -0.3 is 9.32 Å². The van der Waals surface area contributed by atoms with Gasteiger partial charge >= 0.3 is 0 Å². The van der Waals surface area contributed by atoms with Crippen molar-refractivity contribution >= 4 is 37.7 Å². The van der Waals surface area contributed by atoms with E-state index in [4.69, 9.17) is 4.42 Å². The second-order valence-corrected chi connectivity index (χ2v) is 8.03. The number of rotatable bonds is 5. The lowest BCUT2D eigenvalue weighted by Crippen LogP contribution is -2.36. The van der Waals surface area contributed by atoms with E-state index in [0.717, 1.165) is 16.5 Å². The molecule has 0 radical (unpaired) electrons. The van der Waals surface area contributed by atoms with E-state index < -0.39 is 9.84 Å². The van der Waals surface area contributed by atoms with Crippen LogP contribution in [0.15, 0.2) is 35.0 Å². The highest BCUT2D eigenvalue weighted by Crippen LogP contribution is 2.32. The second kappa shape index (κ2) is 5.81. The minimum absolute atomic E-state index is 0.0751. The predicted molar refractivity (Wildman–Crippen MR) is 91.5 cm³/mol. The Balaban J connectivity index is 2.05. The first kappa shape index (κ1) is 15.7. The third-order valence-electron chi connectivity index (χ3n) is 4.07. The van der Waals surface area contributed by atoms with Crippen LogP contribution in [0.3, 0.4) is 0 Å². The highest BCUT2D eigenvalue weighted by atomic mass is 32.2. The summed E-state index contributed by atoms with van der Waals surface area (Å²) in [5.41, 5.74) is 2.06. The number of aromatic nitrogens is 2. The third kappa shape index (κ3) is 2.88. The normalized spacial score (nSPS) is 13.5. The molecule has 6 nitrogen and oxygen atoms in total. The number of furan rings is 1. The average molecular weight is 333 g/mol. The van der Waals surface area contributed by atoms with Gasteiger partial charge in [0.2, 0.25) is 0 Å². The molecule has 0 spiro atoms. The summed E-state index contributed by atoms with van der Waals surface area (Å²) in [5, 5.41) is 0.924. The van der Waals surface area contributed by atoms with E-state index in [-0.39, 0.29) is 17.5 Å². The Kier molecular flexibility index (Phi) is 3.97. The van der Waals surface area contributed by atoms with Crippen LogP contribution in [0.2, 0.25) is 0 Å². The summed E-state index contributed by atoms with van der Waals surface area (Å²) in [6.45, 7) is 3.52. The van der Waals surface area contributed by atoms with E-state index >= 15 is 0 Å². The van der Waals surface area contributed by atoms with E-state index in [2.05, 4.69) is 9.97 Å². The summed E-state index contributed by atoms with van der Waals surface area (Å²) in [6.07, 6.45) is 1.48. The second-order valence-electron chi connectivity index (χ2n) is 5.63. The summed E-state index contributed by atoms with van der Waals surface area (Å²) in [7, 11) is -1.24. The van der Waals surface area contributed by atoms with Crippen molar-refractivity contribution in [2.24, 2.45) is 0 Å². The standard InChI is InChI=1S/C16H19N3O3S/c1-4-23(20,21)9-11(2)19(3)16-15-14(17-10-18-16)12-7-5-6-8-13(12)22-15/h5-8,10-11H,4,9H2,1-3H3.